The van der Waals surface area contributed by atoms with Crippen LogP contribution in [0, 0.1) is 5.92 Å². The summed E-state index contributed by atoms with van der Waals surface area (Å²) < 4.78 is 38.3. The van der Waals surface area contributed by atoms with Gasteiger partial charge in [-0.2, -0.15) is 13.2 Å². The first-order valence-corrected chi connectivity index (χ1v) is 6.04. The van der Waals surface area contributed by atoms with Crippen molar-refractivity contribution in [3.8, 4) is 0 Å². The lowest BCUT2D eigenvalue weighted by Crippen LogP contribution is -2.11. The van der Waals surface area contributed by atoms with Gasteiger partial charge in [-0.05, 0) is 18.1 Å². The van der Waals surface area contributed by atoms with Crippen molar-refractivity contribution in [2.75, 3.05) is 17.6 Å². The van der Waals surface area contributed by atoms with Gasteiger partial charge in [0.2, 0.25) is 0 Å². The van der Waals surface area contributed by atoms with Crippen LogP contribution in [0.5, 0.6) is 0 Å². The number of nitrogens with one attached hydrogen (secondary N) is 1. The van der Waals surface area contributed by atoms with E-state index in [1.165, 1.54) is 17.8 Å². The van der Waals surface area contributed by atoms with Gasteiger partial charge < -0.3 is 5.32 Å². The van der Waals surface area contributed by atoms with Gasteiger partial charge in [-0.15, -0.1) is 11.8 Å². The van der Waals surface area contributed by atoms with E-state index >= 15 is 0 Å². The number of hydrogen-bond donors (Lipinski definition) is 1. The molecule has 1 aromatic rings. The fourth-order valence-corrected chi connectivity index (χ4v) is 2.83. The van der Waals surface area contributed by atoms with E-state index in [0.717, 1.165) is 12.6 Å². The average Bonchev–Trinajstić information content (AvgIpc) is 2.39. The molecule has 0 bridgehead atoms. The van der Waals surface area contributed by atoms with Crippen LogP contribution in [0.25, 0.3) is 0 Å². The molecule has 0 saturated heterocycles. The molecule has 0 aromatic heterocycles. The second-order valence-electron chi connectivity index (χ2n) is 3.98. The standard InChI is InChI=1S/C11H12F3NS/c1-7-5-15-9-4-2-3-8(11(12,13)14)10(9)16-6-7/h2-4,7,15H,5-6H2,1H3. The van der Waals surface area contributed by atoms with Gasteiger partial charge in [0, 0.05) is 22.9 Å². The monoisotopic (exact) mass is 247 g/mol. The maximum absolute atomic E-state index is 12.8. The van der Waals surface area contributed by atoms with Crippen molar-refractivity contribution in [1.82, 2.24) is 0 Å². The Kier molecular flexibility index (Phi) is 3.06. The summed E-state index contributed by atoms with van der Waals surface area (Å²) in [5.41, 5.74) is 0.0702. The molecule has 5 heteroatoms. The van der Waals surface area contributed by atoms with Crippen LogP contribution in [0.1, 0.15) is 12.5 Å². The molecule has 1 heterocycles. The van der Waals surface area contributed by atoms with Crippen LogP contribution in [-0.4, -0.2) is 12.3 Å². The Hall–Kier alpha value is -0.840. The van der Waals surface area contributed by atoms with Crippen molar-refractivity contribution in [3.05, 3.63) is 23.8 Å². The van der Waals surface area contributed by atoms with Crippen molar-refractivity contribution in [3.63, 3.8) is 0 Å². The second kappa shape index (κ2) is 4.20. The van der Waals surface area contributed by atoms with Crippen LogP contribution < -0.4 is 5.32 Å². The van der Waals surface area contributed by atoms with E-state index in [1.807, 2.05) is 6.92 Å². The molecule has 1 atom stereocenters. The molecular weight excluding hydrogens is 235 g/mol. The highest BCUT2D eigenvalue weighted by molar-refractivity contribution is 7.99. The highest BCUT2D eigenvalue weighted by atomic mass is 32.2. The van der Waals surface area contributed by atoms with E-state index in [9.17, 15) is 13.2 Å². The van der Waals surface area contributed by atoms with E-state index in [1.54, 1.807) is 6.07 Å². The molecule has 0 fully saturated rings. The number of halogens is 3. The maximum Gasteiger partial charge on any atom is 0.417 e. The molecule has 0 radical (unpaired) electrons. The highest BCUT2D eigenvalue weighted by Gasteiger charge is 2.35. The number of rotatable bonds is 0. The Labute approximate surface area is 96.4 Å². The fraction of sp³-hybridized carbons (Fsp3) is 0.455. The van der Waals surface area contributed by atoms with Crippen molar-refractivity contribution >= 4 is 17.4 Å². The molecule has 1 aliphatic heterocycles. The Morgan fingerprint density at radius 3 is 2.81 bits per heavy atom. The number of alkyl halides is 3. The molecule has 1 aliphatic rings. The summed E-state index contributed by atoms with van der Waals surface area (Å²) >= 11 is 1.29. The number of fused-ring (bicyclic) bond motifs is 1. The number of hydrogen-bond acceptors (Lipinski definition) is 2. The molecular formula is C11H12F3NS. The molecule has 1 unspecified atom stereocenters. The Morgan fingerprint density at radius 1 is 1.38 bits per heavy atom. The van der Waals surface area contributed by atoms with Crippen molar-refractivity contribution in [2.45, 2.75) is 18.0 Å². The quantitative estimate of drug-likeness (QED) is 0.747. The second-order valence-corrected chi connectivity index (χ2v) is 5.01. The van der Waals surface area contributed by atoms with Gasteiger partial charge >= 0.3 is 6.18 Å². The zero-order chi connectivity index (χ0) is 11.8. The van der Waals surface area contributed by atoms with E-state index in [4.69, 9.17) is 0 Å². The average molecular weight is 247 g/mol. The molecule has 1 aromatic carbocycles. The summed E-state index contributed by atoms with van der Waals surface area (Å²) in [4.78, 5) is 0.333. The van der Waals surface area contributed by atoms with Crippen molar-refractivity contribution < 1.29 is 13.2 Å². The van der Waals surface area contributed by atoms with Crippen LogP contribution in [0.15, 0.2) is 23.1 Å². The van der Waals surface area contributed by atoms with Gasteiger partial charge in [-0.1, -0.05) is 13.0 Å². The minimum atomic E-state index is -4.27. The van der Waals surface area contributed by atoms with Crippen molar-refractivity contribution in [2.24, 2.45) is 5.92 Å². The summed E-state index contributed by atoms with van der Waals surface area (Å²) in [6.45, 7) is 2.75. The molecule has 16 heavy (non-hydrogen) atoms. The van der Waals surface area contributed by atoms with E-state index < -0.39 is 11.7 Å². The predicted octanol–water partition coefficient (Wildman–Crippen LogP) is 3.86. The highest BCUT2D eigenvalue weighted by Crippen LogP contribution is 2.42. The molecule has 88 valence electrons. The number of benzene rings is 1. The Morgan fingerprint density at radius 2 is 2.12 bits per heavy atom. The lowest BCUT2D eigenvalue weighted by Gasteiger charge is -2.14. The molecule has 0 spiro atoms. The van der Waals surface area contributed by atoms with E-state index in [2.05, 4.69) is 5.32 Å². The van der Waals surface area contributed by atoms with Crippen LogP contribution >= 0.6 is 11.8 Å². The van der Waals surface area contributed by atoms with Crippen molar-refractivity contribution in [1.29, 1.82) is 0 Å². The summed E-state index contributed by atoms with van der Waals surface area (Å²) in [7, 11) is 0. The Balaban J connectivity index is 2.44. The summed E-state index contributed by atoms with van der Waals surface area (Å²) in [5, 5.41) is 3.07. The Bertz CT molecular complexity index is 389. The van der Waals surface area contributed by atoms with Crippen LogP contribution in [0.3, 0.4) is 0 Å². The first-order valence-electron chi connectivity index (χ1n) is 5.05. The zero-order valence-corrected chi connectivity index (χ0v) is 9.58. The lowest BCUT2D eigenvalue weighted by molar-refractivity contribution is -0.139. The smallest absolute Gasteiger partial charge is 0.384 e. The third-order valence-corrected chi connectivity index (χ3v) is 3.94. The van der Waals surface area contributed by atoms with Crippen LogP contribution in [-0.2, 0) is 6.18 Å². The largest absolute Gasteiger partial charge is 0.417 e. The van der Waals surface area contributed by atoms with Crippen LogP contribution in [0.4, 0.5) is 18.9 Å². The molecule has 0 aliphatic carbocycles. The molecule has 1 nitrogen and oxygen atoms in total. The fourth-order valence-electron chi connectivity index (χ4n) is 1.62. The summed E-state index contributed by atoms with van der Waals surface area (Å²) in [5.74, 6) is 1.09. The van der Waals surface area contributed by atoms with Gasteiger partial charge in [-0.25, -0.2) is 0 Å². The SMILES string of the molecule is CC1CNc2cccc(C(F)(F)F)c2SC1. The third-order valence-electron chi connectivity index (χ3n) is 2.47. The van der Waals surface area contributed by atoms with E-state index in [-0.39, 0.29) is 0 Å². The van der Waals surface area contributed by atoms with Gasteiger partial charge in [0.25, 0.3) is 0 Å². The minimum Gasteiger partial charge on any atom is -0.384 e. The zero-order valence-electron chi connectivity index (χ0n) is 8.77. The summed E-state index contributed by atoms with van der Waals surface area (Å²) in [6, 6.07) is 4.30. The minimum absolute atomic E-state index is 0.333. The van der Waals surface area contributed by atoms with Gasteiger partial charge in [-0.3, -0.25) is 0 Å². The normalized spacial score (nSPS) is 20.9. The lowest BCUT2D eigenvalue weighted by atomic mass is 10.1. The first-order chi connectivity index (χ1) is 7.48. The molecule has 1 N–H and O–H groups in total. The first kappa shape index (κ1) is 11.6. The molecule has 2 rings (SSSR count). The third kappa shape index (κ3) is 2.29. The predicted molar refractivity (Wildman–Crippen MR) is 59.8 cm³/mol. The number of anilines is 1. The molecule has 0 saturated carbocycles. The van der Waals surface area contributed by atoms with Crippen LogP contribution in [0.2, 0.25) is 0 Å². The molecule has 0 amide bonds. The van der Waals surface area contributed by atoms with Gasteiger partial charge in [0.1, 0.15) is 0 Å². The van der Waals surface area contributed by atoms with E-state index in [0.29, 0.717) is 22.3 Å². The van der Waals surface area contributed by atoms with Gasteiger partial charge in [0.05, 0.1) is 5.56 Å². The number of thioether (sulfide) groups is 1. The van der Waals surface area contributed by atoms with Gasteiger partial charge in [0.15, 0.2) is 0 Å². The maximum atomic E-state index is 12.8. The topological polar surface area (TPSA) is 12.0 Å². The summed E-state index contributed by atoms with van der Waals surface area (Å²) in [6.07, 6.45) is -4.27.